The lowest BCUT2D eigenvalue weighted by molar-refractivity contribution is -0.0705. The standard InChI is InChI=1S/C23H26N6O2S/c1-15-10-27(11-16(2)31-15)12-18-8-20-21(24-9-18)28(23(30)29-22(20)25-14-26-29)13-17-4-6-19(32-3)7-5-17/h4-9,14-16H,10-13H2,1-3H3. The summed E-state index contributed by atoms with van der Waals surface area (Å²) in [6.45, 7) is 7.17. The van der Waals surface area contributed by atoms with E-state index in [1.165, 1.54) is 15.7 Å². The van der Waals surface area contributed by atoms with Crippen molar-refractivity contribution in [2.24, 2.45) is 0 Å². The number of ether oxygens (including phenoxy) is 1. The van der Waals surface area contributed by atoms with Crippen LogP contribution in [0.15, 0.2) is 52.5 Å². The Labute approximate surface area is 190 Å². The van der Waals surface area contributed by atoms with Gasteiger partial charge in [-0.1, -0.05) is 12.1 Å². The van der Waals surface area contributed by atoms with Crippen LogP contribution in [0.25, 0.3) is 16.7 Å². The molecule has 8 nitrogen and oxygen atoms in total. The van der Waals surface area contributed by atoms with Gasteiger partial charge in [0.25, 0.3) is 0 Å². The highest BCUT2D eigenvalue weighted by molar-refractivity contribution is 7.98. The zero-order valence-electron chi connectivity index (χ0n) is 18.4. The molecule has 1 aliphatic rings. The Morgan fingerprint density at radius 2 is 1.78 bits per heavy atom. The van der Waals surface area contributed by atoms with E-state index >= 15 is 0 Å². The molecule has 0 saturated carbocycles. The second-order valence-corrected chi connectivity index (χ2v) is 9.26. The van der Waals surface area contributed by atoms with Crippen molar-refractivity contribution in [1.29, 1.82) is 0 Å². The summed E-state index contributed by atoms with van der Waals surface area (Å²) in [7, 11) is 0. The second-order valence-electron chi connectivity index (χ2n) is 8.38. The van der Waals surface area contributed by atoms with Crippen LogP contribution < -0.4 is 5.69 Å². The molecule has 5 rings (SSSR count). The van der Waals surface area contributed by atoms with Gasteiger partial charge in [-0.05, 0) is 49.4 Å². The molecule has 1 aromatic carbocycles. The van der Waals surface area contributed by atoms with Crippen LogP contribution in [0.2, 0.25) is 0 Å². The molecule has 1 fully saturated rings. The number of thioether (sulfide) groups is 1. The summed E-state index contributed by atoms with van der Waals surface area (Å²) in [6.07, 6.45) is 5.75. The molecule has 2 atom stereocenters. The number of aromatic nitrogens is 5. The highest BCUT2D eigenvalue weighted by Crippen LogP contribution is 2.21. The summed E-state index contributed by atoms with van der Waals surface area (Å²) in [5, 5.41) is 5.01. The van der Waals surface area contributed by atoms with Crippen LogP contribution in [0.3, 0.4) is 0 Å². The van der Waals surface area contributed by atoms with Crippen LogP contribution in [0.1, 0.15) is 25.0 Å². The molecule has 0 aliphatic carbocycles. The van der Waals surface area contributed by atoms with Gasteiger partial charge < -0.3 is 4.74 Å². The summed E-state index contributed by atoms with van der Waals surface area (Å²) in [6, 6.07) is 10.3. The van der Waals surface area contributed by atoms with Crippen molar-refractivity contribution in [3.8, 4) is 0 Å². The summed E-state index contributed by atoms with van der Waals surface area (Å²) < 4.78 is 8.89. The zero-order chi connectivity index (χ0) is 22.2. The number of nitrogens with zero attached hydrogens (tertiary/aromatic N) is 6. The molecular weight excluding hydrogens is 424 g/mol. The molecule has 0 amide bonds. The topological polar surface area (TPSA) is 77.5 Å². The van der Waals surface area contributed by atoms with Crippen molar-refractivity contribution < 1.29 is 4.74 Å². The number of benzene rings is 1. The number of hydrogen-bond donors (Lipinski definition) is 0. The number of pyridine rings is 1. The fraction of sp³-hybridized carbons (Fsp3) is 0.391. The van der Waals surface area contributed by atoms with Gasteiger partial charge in [0.1, 0.15) is 12.0 Å². The molecule has 0 spiro atoms. The minimum absolute atomic E-state index is 0.207. The van der Waals surface area contributed by atoms with E-state index in [0.29, 0.717) is 17.8 Å². The van der Waals surface area contributed by atoms with E-state index in [4.69, 9.17) is 9.72 Å². The van der Waals surface area contributed by atoms with Crippen molar-refractivity contribution in [2.75, 3.05) is 19.3 Å². The maximum absolute atomic E-state index is 13.2. The Morgan fingerprint density at radius 1 is 1.03 bits per heavy atom. The smallest absolute Gasteiger partial charge is 0.352 e. The van der Waals surface area contributed by atoms with Gasteiger partial charge in [-0.2, -0.15) is 9.61 Å². The van der Waals surface area contributed by atoms with E-state index < -0.39 is 0 Å². The van der Waals surface area contributed by atoms with Crippen molar-refractivity contribution in [2.45, 2.75) is 44.0 Å². The highest BCUT2D eigenvalue weighted by Gasteiger charge is 2.23. The number of fused-ring (bicyclic) bond motifs is 3. The highest BCUT2D eigenvalue weighted by atomic mass is 32.2. The Balaban J connectivity index is 1.55. The third-order valence-electron chi connectivity index (χ3n) is 5.78. The van der Waals surface area contributed by atoms with Crippen LogP contribution >= 0.6 is 11.8 Å². The van der Waals surface area contributed by atoms with Gasteiger partial charge in [0.15, 0.2) is 5.65 Å². The van der Waals surface area contributed by atoms with E-state index in [9.17, 15) is 4.79 Å². The molecule has 9 heteroatoms. The molecule has 32 heavy (non-hydrogen) atoms. The maximum atomic E-state index is 13.2. The van der Waals surface area contributed by atoms with Crippen LogP contribution in [0.4, 0.5) is 0 Å². The summed E-state index contributed by atoms with van der Waals surface area (Å²) >= 11 is 1.69. The molecule has 3 aromatic heterocycles. The first kappa shape index (κ1) is 21.1. The summed E-state index contributed by atoms with van der Waals surface area (Å²) in [4.78, 5) is 25.8. The minimum Gasteiger partial charge on any atom is -0.373 e. The van der Waals surface area contributed by atoms with Crippen molar-refractivity contribution in [3.63, 3.8) is 0 Å². The molecule has 0 bridgehead atoms. The summed E-state index contributed by atoms with van der Waals surface area (Å²) in [5.74, 6) is 0. The van der Waals surface area contributed by atoms with Crippen LogP contribution in [0, 0.1) is 0 Å². The van der Waals surface area contributed by atoms with E-state index in [0.717, 1.165) is 36.1 Å². The van der Waals surface area contributed by atoms with Crippen molar-refractivity contribution in [1.82, 2.24) is 29.0 Å². The lowest BCUT2D eigenvalue weighted by Gasteiger charge is -2.35. The largest absolute Gasteiger partial charge is 0.373 e. The minimum atomic E-state index is -0.241. The predicted molar refractivity (Wildman–Crippen MR) is 125 cm³/mol. The Kier molecular flexibility index (Phi) is 5.71. The summed E-state index contributed by atoms with van der Waals surface area (Å²) in [5.41, 5.74) is 3.04. The van der Waals surface area contributed by atoms with E-state index in [2.05, 4.69) is 47.0 Å². The lowest BCUT2D eigenvalue weighted by atomic mass is 10.1. The third kappa shape index (κ3) is 4.03. The Morgan fingerprint density at radius 3 is 2.50 bits per heavy atom. The first-order chi connectivity index (χ1) is 15.5. The number of rotatable bonds is 5. The monoisotopic (exact) mass is 450 g/mol. The van der Waals surface area contributed by atoms with Gasteiger partial charge in [0, 0.05) is 30.7 Å². The Bertz CT molecular complexity index is 1310. The SMILES string of the molecule is CSc1ccc(Cn2c(=O)n3ncnc3c3cc(CN4CC(C)OC(C)C4)cnc32)cc1. The van der Waals surface area contributed by atoms with Gasteiger partial charge in [-0.25, -0.2) is 14.8 Å². The number of morpholine rings is 1. The first-order valence-corrected chi connectivity index (χ1v) is 12.0. The maximum Gasteiger partial charge on any atom is 0.352 e. The van der Waals surface area contributed by atoms with E-state index in [-0.39, 0.29) is 17.9 Å². The third-order valence-corrected chi connectivity index (χ3v) is 6.52. The van der Waals surface area contributed by atoms with Gasteiger partial charge in [-0.3, -0.25) is 9.47 Å². The average molecular weight is 451 g/mol. The van der Waals surface area contributed by atoms with Crippen LogP contribution in [-0.2, 0) is 17.8 Å². The fourth-order valence-corrected chi connectivity index (χ4v) is 4.87. The normalized spacial score (nSPS) is 19.7. The second kappa shape index (κ2) is 8.65. The molecule has 4 aromatic rings. The van der Waals surface area contributed by atoms with Gasteiger partial charge >= 0.3 is 5.69 Å². The first-order valence-electron chi connectivity index (χ1n) is 10.7. The molecule has 0 radical (unpaired) electrons. The predicted octanol–water partition coefficient (Wildman–Crippen LogP) is 2.82. The van der Waals surface area contributed by atoms with Crippen LogP contribution in [0.5, 0.6) is 0 Å². The average Bonchev–Trinajstić information content (AvgIpc) is 3.27. The van der Waals surface area contributed by atoms with Gasteiger partial charge in [-0.15, -0.1) is 11.8 Å². The fourth-order valence-electron chi connectivity index (χ4n) is 4.46. The molecular formula is C23H26N6O2S. The zero-order valence-corrected chi connectivity index (χ0v) is 19.2. The molecule has 1 aliphatic heterocycles. The molecule has 166 valence electrons. The van der Waals surface area contributed by atoms with Crippen molar-refractivity contribution >= 4 is 28.4 Å². The molecule has 2 unspecified atom stereocenters. The van der Waals surface area contributed by atoms with Gasteiger partial charge in [0.2, 0.25) is 0 Å². The van der Waals surface area contributed by atoms with Gasteiger partial charge in [0.05, 0.1) is 24.1 Å². The quantitative estimate of drug-likeness (QED) is 0.433. The van der Waals surface area contributed by atoms with Crippen LogP contribution in [-0.4, -0.2) is 60.6 Å². The Hall–Kier alpha value is -2.75. The number of hydrogen-bond acceptors (Lipinski definition) is 7. The lowest BCUT2D eigenvalue weighted by Crippen LogP contribution is -2.44. The van der Waals surface area contributed by atoms with Crippen molar-refractivity contribution in [3.05, 3.63) is 64.5 Å². The molecule has 4 heterocycles. The van der Waals surface area contributed by atoms with E-state index in [1.807, 2.05) is 24.6 Å². The molecule has 0 N–H and O–H groups in total. The van der Waals surface area contributed by atoms with E-state index in [1.54, 1.807) is 16.3 Å². The molecule has 1 saturated heterocycles.